The number of hydrogen-bond acceptors (Lipinski definition) is 1. The van der Waals surface area contributed by atoms with Gasteiger partial charge in [0.05, 0.1) is 3.57 Å². The minimum Gasteiger partial charge on any atom is -0.507 e. The number of phenols is 1. The summed E-state index contributed by atoms with van der Waals surface area (Å²) < 4.78 is 1.02. The van der Waals surface area contributed by atoms with Gasteiger partial charge in [0.25, 0.3) is 0 Å². The van der Waals surface area contributed by atoms with Gasteiger partial charge in [-0.05, 0) is 52.6 Å². The van der Waals surface area contributed by atoms with E-state index in [-0.39, 0.29) is 0 Å². The fourth-order valence-electron chi connectivity index (χ4n) is 1.59. The van der Waals surface area contributed by atoms with E-state index in [2.05, 4.69) is 38.5 Å². The Hall–Kier alpha value is 0.230. The van der Waals surface area contributed by atoms with Gasteiger partial charge < -0.3 is 5.11 Å². The summed E-state index contributed by atoms with van der Waals surface area (Å²) in [4.78, 5) is 0.558. The Balaban J connectivity index is 2.54. The van der Waals surface area contributed by atoms with E-state index in [9.17, 15) is 5.11 Å². The number of halogens is 2. The highest BCUT2D eigenvalue weighted by molar-refractivity contribution is 14.1. The Kier molecular flexibility index (Phi) is 2.33. The predicted octanol–water partition coefficient (Wildman–Crippen LogP) is 2.86. The molecule has 1 aromatic rings. The average molecular weight is 339 g/mol. The minimum absolute atomic E-state index is 0.413. The molecule has 1 aromatic carbocycles. The molecule has 1 aliphatic rings. The molecule has 0 spiro atoms. The Labute approximate surface area is 93.4 Å². The van der Waals surface area contributed by atoms with Crippen molar-refractivity contribution in [2.24, 2.45) is 0 Å². The fourth-order valence-corrected chi connectivity index (χ4v) is 3.01. The first-order chi connectivity index (χ1) is 5.68. The molecule has 1 aliphatic carbocycles. The van der Waals surface area contributed by atoms with Crippen LogP contribution in [0.25, 0.3) is 0 Å². The summed E-state index contributed by atoms with van der Waals surface area (Å²) in [6.07, 6.45) is 2.13. The second-order valence-electron chi connectivity index (χ2n) is 3.04. The van der Waals surface area contributed by atoms with Crippen molar-refractivity contribution in [2.45, 2.75) is 17.7 Å². The molecule has 1 N–H and O–H groups in total. The largest absolute Gasteiger partial charge is 0.507 e. The highest BCUT2D eigenvalue weighted by Gasteiger charge is 2.22. The minimum atomic E-state index is 0.413. The third-order valence-electron chi connectivity index (χ3n) is 2.19. The normalized spacial score (nSPS) is 21.0. The lowest BCUT2D eigenvalue weighted by molar-refractivity contribution is 0.470. The van der Waals surface area contributed by atoms with Gasteiger partial charge in [0, 0.05) is 4.83 Å². The van der Waals surface area contributed by atoms with Crippen LogP contribution in [0.1, 0.15) is 11.1 Å². The lowest BCUT2D eigenvalue weighted by Gasteiger charge is -2.03. The first-order valence-electron chi connectivity index (χ1n) is 3.82. The van der Waals surface area contributed by atoms with Crippen LogP contribution in [-0.2, 0) is 12.8 Å². The maximum absolute atomic E-state index is 9.45. The van der Waals surface area contributed by atoms with Crippen LogP contribution < -0.4 is 0 Å². The van der Waals surface area contributed by atoms with Gasteiger partial charge in [-0.15, -0.1) is 0 Å². The summed E-state index contributed by atoms with van der Waals surface area (Å²) in [7, 11) is 0. The summed E-state index contributed by atoms with van der Waals surface area (Å²) >= 11 is 5.80. The Bertz CT molecular complexity index is 325. The van der Waals surface area contributed by atoms with E-state index in [0.717, 1.165) is 16.4 Å². The van der Waals surface area contributed by atoms with Gasteiger partial charge in [-0.3, -0.25) is 0 Å². The van der Waals surface area contributed by atoms with Crippen LogP contribution >= 0.6 is 38.5 Å². The number of rotatable bonds is 0. The molecule has 0 bridgehead atoms. The Morgan fingerprint density at radius 3 is 2.92 bits per heavy atom. The summed E-state index contributed by atoms with van der Waals surface area (Å²) in [6.45, 7) is 0. The van der Waals surface area contributed by atoms with Gasteiger partial charge in [-0.1, -0.05) is 22.0 Å². The van der Waals surface area contributed by atoms with Crippen molar-refractivity contribution in [3.63, 3.8) is 0 Å². The zero-order chi connectivity index (χ0) is 8.72. The topological polar surface area (TPSA) is 20.2 Å². The molecule has 0 heterocycles. The van der Waals surface area contributed by atoms with E-state index in [1.807, 2.05) is 6.07 Å². The van der Waals surface area contributed by atoms with E-state index in [1.165, 1.54) is 11.1 Å². The van der Waals surface area contributed by atoms with Crippen LogP contribution in [0.5, 0.6) is 5.75 Å². The first-order valence-corrected chi connectivity index (χ1v) is 5.81. The predicted molar refractivity (Wildman–Crippen MR) is 60.9 cm³/mol. The highest BCUT2D eigenvalue weighted by Crippen LogP contribution is 2.34. The number of aromatic hydroxyl groups is 1. The first kappa shape index (κ1) is 8.81. The van der Waals surface area contributed by atoms with Gasteiger partial charge in [-0.25, -0.2) is 0 Å². The van der Waals surface area contributed by atoms with Crippen molar-refractivity contribution in [1.82, 2.24) is 0 Å². The van der Waals surface area contributed by atoms with Crippen LogP contribution in [0.2, 0.25) is 0 Å². The maximum Gasteiger partial charge on any atom is 0.129 e. The standard InChI is InChI=1S/C9H8BrIO/c10-6-3-5-1-2-8(12)9(11)7(5)4-6/h1-2,6,12H,3-4H2. The number of phenolic OH excluding ortho intramolecular Hbond substituents is 1. The molecule has 0 saturated heterocycles. The summed E-state index contributed by atoms with van der Waals surface area (Å²) in [5, 5.41) is 9.45. The number of fused-ring (bicyclic) bond motifs is 1. The Morgan fingerprint density at radius 1 is 1.42 bits per heavy atom. The molecule has 0 fully saturated rings. The van der Waals surface area contributed by atoms with Crippen molar-refractivity contribution in [1.29, 1.82) is 0 Å². The summed E-state index contributed by atoms with van der Waals surface area (Å²) in [6, 6.07) is 3.81. The molecule has 12 heavy (non-hydrogen) atoms. The lowest BCUT2D eigenvalue weighted by atomic mass is 10.1. The van der Waals surface area contributed by atoms with Gasteiger partial charge in [0.1, 0.15) is 5.75 Å². The molecule has 0 radical (unpaired) electrons. The van der Waals surface area contributed by atoms with Crippen LogP contribution in [0.15, 0.2) is 12.1 Å². The zero-order valence-corrected chi connectivity index (χ0v) is 10.1. The monoisotopic (exact) mass is 338 g/mol. The number of hydrogen-bond donors (Lipinski definition) is 1. The molecule has 0 amide bonds. The van der Waals surface area contributed by atoms with Crippen LogP contribution in [-0.4, -0.2) is 9.93 Å². The quantitative estimate of drug-likeness (QED) is 0.569. The Morgan fingerprint density at radius 2 is 2.17 bits per heavy atom. The molecule has 2 rings (SSSR count). The van der Waals surface area contributed by atoms with Crippen molar-refractivity contribution in [3.05, 3.63) is 26.8 Å². The molecule has 1 unspecified atom stereocenters. The van der Waals surface area contributed by atoms with Gasteiger partial charge in [0.15, 0.2) is 0 Å². The SMILES string of the molecule is Oc1ccc2c(c1I)CC(Br)C2. The molecule has 3 heteroatoms. The van der Waals surface area contributed by atoms with E-state index in [0.29, 0.717) is 10.6 Å². The molecule has 0 aromatic heterocycles. The third kappa shape index (κ3) is 1.37. The fraction of sp³-hybridized carbons (Fsp3) is 0.333. The number of benzene rings is 1. The maximum atomic E-state index is 9.45. The number of alkyl halides is 1. The molecular weight excluding hydrogens is 331 g/mol. The molecule has 1 nitrogen and oxygen atoms in total. The lowest BCUT2D eigenvalue weighted by Crippen LogP contribution is -1.93. The molecule has 0 saturated carbocycles. The summed E-state index contributed by atoms with van der Waals surface area (Å²) in [5.41, 5.74) is 2.69. The van der Waals surface area contributed by atoms with Crippen LogP contribution in [0, 0.1) is 3.57 Å². The van der Waals surface area contributed by atoms with Crippen molar-refractivity contribution in [3.8, 4) is 5.75 Å². The molecular formula is C9H8BrIO. The zero-order valence-electron chi connectivity index (χ0n) is 6.35. The van der Waals surface area contributed by atoms with E-state index in [4.69, 9.17) is 0 Å². The van der Waals surface area contributed by atoms with E-state index < -0.39 is 0 Å². The van der Waals surface area contributed by atoms with Crippen LogP contribution in [0.4, 0.5) is 0 Å². The van der Waals surface area contributed by atoms with E-state index >= 15 is 0 Å². The van der Waals surface area contributed by atoms with Crippen LogP contribution in [0.3, 0.4) is 0 Å². The third-order valence-corrected chi connectivity index (χ3v) is 4.04. The van der Waals surface area contributed by atoms with Gasteiger partial charge >= 0.3 is 0 Å². The van der Waals surface area contributed by atoms with Gasteiger partial charge in [0.2, 0.25) is 0 Å². The molecule has 1 atom stereocenters. The summed E-state index contributed by atoms with van der Waals surface area (Å²) in [5.74, 6) is 0.413. The smallest absolute Gasteiger partial charge is 0.129 e. The van der Waals surface area contributed by atoms with E-state index in [1.54, 1.807) is 6.07 Å². The molecule has 0 aliphatic heterocycles. The highest BCUT2D eigenvalue weighted by atomic mass is 127. The van der Waals surface area contributed by atoms with Crippen molar-refractivity contribution >= 4 is 38.5 Å². The second kappa shape index (κ2) is 3.18. The van der Waals surface area contributed by atoms with Gasteiger partial charge in [-0.2, -0.15) is 0 Å². The average Bonchev–Trinajstić information content (AvgIpc) is 2.39. The van der Waals surface area contributed by atoms with Crippen molar-refractivity contribution < 1.29 is 5.11 Å². The van der Waals surface area contributed by atoms with Crippen molar-refractivity contribution in [2.75, 3.05) is 0 Å². The molecule has 64 valence electrons. The second-order valence-corrected chi connectivity index (χ2v) is 5.42.